The Balaban J connectivity index is 1.98. The molecule has 0 saturated carbocycles. The first-order valence-corrected chi connectivity index (χ1v) is 6.95. The Hall–Kier alpha value is -2.36. The molecule has 1 nitrogen and oxygen atoms in total. The molecule has 0 atom stereocenters. The lowest BCUT2D eigenvalue weighted by molar-refractivity contribution is -0.137. The van der Waals surface area contributed by atoms with Crippen LogP contribution in [0.4, 0.5) is 18.9 Å². The van der Waals surface area contributed by atoms with Crippen LogP contribution in [0, 0.1) is 0 Å². The Kier molecular flexibility index (Phi) is 3.61. The molecule has 3 rings (SSSR count). The second kappa shape index (κ2) is 5.44. The number of hydrogen-bond donors (Lipinski definition) is 0. The summed E-state index contributed by atoms with van der Waals surface area (Å²) in [5.41, 5.74) is 3.50. The summed E-state index contributed by atoms with van der Waals surface area (Å²) < 4.78 is 38.9. The second-order valence-corrected chi connectivity index (χ2v) is 5.30. The summed E-state index contributed by atoms with van der Waals surface area (Å²) in [5, 5.41) is 0. The number of allylic oxidation sites excluding steroid dienone is 2. The highest BCUT2D eigenvalue weighted by Crippen LogP contribution is 2.37. The molecule has 2 aromatic carbocycles. The summed E-state index contributed by atoms with van der Waals surface area (Å²) in [6.45, 7) is 1.98. The summed E-state index contributed by atoms with van der Waals surface area (Å²) in [6, 6.07) is 13.3. The lowest BCUT2D eigenvalue weighted by Gasteiger charge is -2.09. The molecule has 22 heavy (non-hydrogen) atoms. The van der Waals surface area contributed by atoms with Crippen LogP contribution in [-0.2, 0) is 12.6 Å². The molecule has 2 aromatic rings. The monoisotopic (exact) mass is 301 g/mol. The van der Waals surface area contributed by atoms with Gasteiger partial charge in [-0.15, -0.1) is 0 Å². The van der Waals surface area contributed by atoms with Gasteiger partial charge in [0.2, 0.25) is 0 Å². The van der Waals surface area contributed by atoms with E-state index in [1.165, 1.54) is 17.7 Å². The average Bonchev–Trinajstić information content (AvgIpc) is 2.80. The number of benzene rings is 2. The minimum absolute atomic E-state index is 0.0559. The van der Waals surface area contributed by atoms with Gasteiger partial charge >= 0.3 is 6.18 Å². The van der Waals surface area contributed by atoms with Gasteiger partial charge in [0.1, 0.15) is 0 Å². The topological polar surface area (TPSA) is 12.4 Å². The number of alkyl halides is 3. The number of nitrogens with zero attached hydrogens (tertiary/aromatic N) is 1. The first-order valence-electron chi connectivity index (χ1n) is 6.95. The van der Waals surface area contributed by atoms with Gasteiger partial charge in [0.15, 0.2) is 0 Å². The maximum atomic E-state index is 13.0. The van der Waals surface area contributed by atoms with Crippen molar-refractivity contribution in [2.45, 2.75) is 19.5 Å². The summed E-state index contributed by atoms with van der Waals surface area (Å²) in [6.07, 6.45) is -2.03. The van der Waals surface area contributed by atoms with Crippen LogP contribution in [0.2, 0.25) is 0 Å². The van der Waals surface area contributed by atoms with Crippen LogP contribution in [0.15, 0.2) is 59.1 Å². The summed E-state index contributed by atoms with van der Waals surface area (Å²) in [5.74, 6) is 0. The standard InChI is InChI=1S/C18H14F3N/c1-12-10-13-6-2-3-7-14(13)15(12)11-22-17-9-5-4-8-16(17)18(19,20)21/h2-9,11H,10H2,1H3. The van der Waals surface area contributed by atoms with Crippen molar-refractivity contribution < 1.29 is 13.2 Å². The van der Waals surface area contributed by atoms with Crippen molar-refractivity contribution in [2.75, 3.05) is 0 Å². The first-order chi connectivity index (χ1) is 10.5. The molecule has 0 fully saturated rings. The van der Waals surface area contributed by atoms with Crippen molar-refractivity contribution in [3.8, 4) is 0 Å². The predicted octanol–water partition coefficient (Wildman–Crippen LogP) is 5.44. The fraction of sp³-hybridized carbons (Fsp3) is 0.167. The number of aliphatic imine (C=N–C) groups is 1. The SMILES string of the molecule is CC1=C(C=Nc2ccccc2C(F)(F)F)c2ccccc2C1. The van der Waals surface area contributed by atoms with Crippen LogP contribution >= 0.6 is 0 Å². The number of fused-ring (bicyclic) bond motifs is 1. The van der Waals surface area contributed by atoms with Crippen LogP contribution in [-0.4, -0.2) is 6.21 Å². The molecule has 0 spiro atoms. The molecule has 0 radical (unpaired) electrons. The van der Waals surface area contributed by atoms with Gasteiger partial charge in [-0.2, -0.15) is 13.2 Å². The maximum absolute atomic E-state index is 13.0. The molecule has 0 bridgehead atoms. The molecule has 0 unspecified atom stereocenters. The van der Waals surface area contributed by atoms with Crippen LogP contribution in [0.25, 0.3) is 5.57 Å². The van der Waals surface area contributed by atoms with Crippen LogP contribution in [0.3, 0.4) is 0 Å². The lowest BCUT2D eigenvalue weighted by Crippen LogP contribution is -2.04. The quantitative estimate of drug-likeness (QED) is 0.655. The average molecular weight is 301 g/mol. The maximum Gasteiger partial charge on any atom is 0.418 e. The van der Waals surface area contributed by atoms with E-state index in [4.69, 9.17) is 0 Å². The largest absolute Gasteiger partial charge is 0.418 e. The highest BCUT2D eigenvalue weighted by Gasteiger charge is 2.33. The van der Waals surface area contributed by atoms with E-state index in [0.717, 1.165) is 29.2 Å². The van der Waals surface area contributed by atoms with E-state index in [2.05, 4.69) is 4.99 Å². The predicted molar refractivity (Wildman–Crippen MR) is 82.3 cm³/mol. The Morgan fingerprint density at radius 3 is 2.45 bits per heavy atom. The highest BCUT2D eigenvalue weighted by molar-refractivity contribution is 6.13. The molecule has 112 valence electrons. The molecule has 0 saturated heterocycles. The third kappa shape index (κ3) is 2.69. The molecule has 1 aliphatic carbocycles. The van der Waals surface area contributed by atoms with E-state index in [1.54, 1.807) is 12.3 Å². The van der Waals surface area contributed by atoms with E-state index in [9.17, 15) is 13.2 Å². The summed E-state index contributed by atoms with van der Waals surface area (Å²) >= 11 is 0. The zero-order chi connectivity index (χ0) is 15.7. The first kappa shape index (κ1) is 14.6. The Bertz CT molecular complexity index is 770. The molecule has 0 aromatic heterocycles. The Morgan fingerprint density at radius 2 is 1.68 bits per heavy atom. The van der Waals surface area contributed by atoms with Gasteiger partial charge in [0.05, 0.1) is 11.3 Å². The van der Waals surface area contributed by atoms with E-state index in [0.29, 0.717) is 0 Å². The fourth-order valence-electron chi connectivity index (χ4n) is 2.69. The molecular weight excluding hydrogens is 287 g/mol. The second-order valence-electron chi connectivity index (χ2n) is 5.30. The zero-order valence-electron chi connectivity index (χ0n) is 12.0. The van der Waals surface area contributed by atoms with Gasteiger partial charge in [-0.25, -0.2) is 0 Å². The molecule has 0 heterocycles. The zero-order valence-corrected chi connectivity index (χ0v) is 12.0. The summed E-state index contributed by atoms with van der Waals surface area (Å²) in [4.78, 5) is 4.10. The van der Waals surface area contributed by atoms with Gasteiger partial charge in [-0.05, 0) is 42.2 Å². The fourth-order valence-corrected chi connectivity index (χ4v) is 2.69. The lowest BCUT2D eigenvalue weighted by atomic mass is 10.1. The third-order valence-corrected chi connectivity index (χ3v) is 3.77. The van der Waals surface area contributed by atoms with Gasteiger partial charge in [-0.1, -0.05) is 42.0 Å². The highest BCUT2D eigenvalue weighted by atomic mass is 19.4. The number of halogens is 3. The van der Waals surface area contributed by atoms with Crippen molar-refractivity contribution >= 4 is 17.5 Å². The third-order valence-electron chi connectivity index (χ3n) is 3.77. The minimum atomic E-state index is -4.40. The van der Waals surface area contributed by atoms with E-state index in [-0.39, 0.29) is 5.69 Å². The minimum Gasteiger partial charge on any atom is -0.256 e. The van der Waals surface area contributed by atoms with Crippen molar-refractivity contribution in [3.05, 3.63) is 70.8 Å². The molecule has 4 heteroatoms. The number of rotatable bonds is 2. The number of para-hydroxylation sites is 1. The van der Waals surface area contributed by atoms with Gasteiger partial charge in [0, 0.05) is 6.21 Å². The Morgan fingerprint density at radius 1 is 1.00 bits per heavy atom. The summed E-state index contributed by atoms with van der Waals surface area (Å²) in [7, 11) is 0. The molecule has 1 aliphatic rings. The van der Waals surface area contributed by atoms with Crippen LogP contribution in [0.1, 0.15) is 23.6 Å². The van der Waals surface area contributed by atoms with Gasteiger partial charge < -0.3 is 0 Å². The van der Waals surface area contributed by atoms with Crippen molar-refractivity contribution in [2.24, 2.45) is 4.99 Å². The van der Waals surface area contributed by atoms with Gasteiger partial charge in [0.25, 0.3) is 0 Å². The smallest absolute Gasteiger partial charge is 0.256 e. The van der Waals surface area contributed by atoms with Crippen molar-refractivity contribution in [1.82, 2.24) is 0 Å². The van der Waals surface area contributed by atoms with Crippen molar-refractivity contribution in [1.29, 1.82) is 0 Å². The van der Waals surface area contributed by atoms with Crippen molar-refractivity contribution in [3.63, 3.8) is 0 Å². The van der Waals surface area contributed by atoms with E-state index in [1.807, 2.05) is 31.2 Å². The van der Waals surface area contributed by atoms with E-state index < -0.39 is 11.7 Å². The molecule has 0 amide bonds. The molecular formula is C18H14F3N. The molecule has 0 aliphatic heterocycles. The normalized spacial score (nSPS) is 14.7. The molecule has 0 N–H and O–H groups in total. The van der Waals surface area contributed by atoms with Crippen LogP contribution in [0.5, 0.6) is 0 Å². The number of hydrogen-bond acceptors (Lipinski definition) is 1. The van der Waals surface area contributed by atoms with Gasteiger partial charge in [-0.3, -0.25) is 4.99 Å². The Labute approximate surface area is 126 Å². The van der Waals surface area contributed by atoms with Crippen LogP contribution < -0.4 is 0 Å². The van der Waals surface area contributed by atoms with E-state index >= 15 is 0 Å².